The molecule has 3 aliphatic heterocycles. The molecule has 4 unspecified atom stereocenters. The average molecular weight is 399 g/mol. The number of carbonyl (C=O) groups is 1. The average Bonchev–Trinajstić information content (AvgIpc) is 3.49. The maximum atomic E-state index is 12.5. The maximum absolute atomic E-state index is 12.5. The maximum Gasteiger partial charge on any atom is 0.269 e. The fraction of sp³-hybridized carbons (Fsp3) is 0.714. The third kappa shape index (κ3) is 3.88. The first kappa shape index (κ1) is 18.9. The summed E-state index contributed by atoms with van der Waals surface area (Å²) in [6.45, 7) is 3.54. The van der Waals surface area contributed by atoms with Crippen LogP contribution in [0.5, 0.6) is 0 Å². The molecule has 8 nitrogen and oxygen atoms in total. The molecule has 1 saturated carbocycles. The molecule has 29 heavy (non-hydrogen) atoms. The molecule has 4 heterocycles. The predicted octanol–water partition coefficient (Wildman–Crippen LogP) is 1.63. The van der Waals surface area contributed by atoms with Crippen LogP contribution in [0.4, 0.5) is 0 Å². The summed E-state index contributed by atoms with van der Waals surface area (Å²) in [6.07, 6.45) is 11.3. The number of amides is 1. The van der Waals surface area contributed by atoms with Crippen molar-refractivity contribution in [3.8, 4) is 0 Å². The van der Waals surface area contributed by atoms with Gasteiger partial charge < -0.3 is 14.8 Å². The second kappa shape index (κ2) is 7.99. The zero-order chi connectivity index (χ0) is 19.8. The van der Waals surface area contributed by atoms with Gasteiger partial charge in [0, 0.05) is 6.20 Å². The number of aromatic nitrogens is 3. The predicted molar refractivity (Wildman–Crippen MR) is 107 cm³/mol. The highest BCUT2D eigenvalue weighted by atomic mass is 16.6. The van der Waals surface area contributed by atoms with Gasteiger partial charge in [0.15, 0.2) is 0 Å². The molecular weight excluding hydrogens is 370 g/mol. The molecule has 3 fully saturated rings. The second-order valence-electron chi connectivity index (χ2n) is 8.83. The summed E-state index contributed by atoms with van der Waals surface area (Å²) in [5.41, 5.74) is 2.65. The lowest BCUT2D eigenvalue weighted by Gasteiger charge is -2.20. The van der Waals surface area contributed by atoms with Crippen molar-refractivity contribution in [2.45, 2.75) is 69.7 Å². The van der Waals surface area contributed by atoms with Gasteiger partial charge in [0.25, 0.3) is 5.91 Å². The van der Waals surface area contributed by atoms with Gasteiger partial charge in [-0.2, -0.15) is 0 Å². The molecule has 1 N–H and O–H groups in total. The van der Waals surface area contributed by atoms with Crippen LogP contribution in [-0.4, -0.2) is 64.6 Å². The molecule has 1 amide bonds. The lowest BCUT2D eigenvalue weighted by atomic mass is 9.86. The summed E-state index contributed by atoms with van der Waals surface area (Å²) >= 11 is 0. The molecule has 5 rings (SSSR count). The van der Waals surface area contributed by atoms with Crippen LogP contribution in [-0.2, 0) is 20.7 Å². The van der Waals surface area contributed by atoms with Gasteiger partial charge in [0.2, 0.25) is 0 Å². The number of rotatable bonds is 5. The number of ether oxygens (including phenoxy) is 2. The van der Waals surface area contributed by atoms with Crippen molar-refractivity contribution in [2.75, 3.05) is 19.8 Å². The van der Waals surface area contributed by atoms with Crippen LogP contribution in [0.15, 0.2) is 22.8 Å². The van der Waals surface area contributed by atoms with Crippen molar-refractivity contribution >= 4 is 11.6 Å². The first-order valence-corrected chi connectivity index (χ1v) is 10.8. The smallest absolute Gasteiger partial charge is 0.269 e. The molecule has 8 heteroatoms. The SMILES string of the molecule is CC1=CC(C(=O)NC2COC3C2OCC3n2cc(CC3CCCCC3)nn2)=NC1. The Bertz CT molecular complexity index is 826. The minimum Gasteiger partial charge on any atom is -0.371 e. The molecule has 0 aromatic carbocycles. The minimum atomic E-state index is -0.167. The number of hydrogen-bond donors (Lipinski definition) is 1. The van der Waals surface area contributed by atoms with E-state index in [1.807, 2.05) is 17.7 Å². The second-order valence-corrected chi connectivity index (χ2v) is 8.83. The molecule has 1 aliphatic carbocycles. The van der Waals surface area contributed by atoms with Crippen molar-refractivity contribution < 1.29 is 14.3 Å². The standard InChI is InChI=1S/C21H29N5O3/c1-13-7-16(22-9-13)21(27)23-17-11-28-20-18(12-29-19(17)20)26-10-15(24-25-26)8-14-5-3-2-4-6-14/h7,10,14,17-20H,2-6,8-9,11-12H2,1H3,(H,23,27). The molecule has 2 saturated heterocycles. The summed E-state index contributed by atoms with van der Waals surface area (Å²) < 4.78 is 13.9. The Morgan fingerprint density at radius 2 is 2.03 bits per heavy atom. The van der Waals surface area contributed by atoms with Crippen LogP contribution in [0.25, 0.3) is 0 Å². The van der Waals surface area contributed by atoms with E-state index in [1.54, 1.807) is 0 Å². The quantitative estimate of drug-likeness (QED) is 0.813. The van der Waals surface area contributed by atoms with Crippen LogP contribution in [0.3, 0.4) is 0 Å². The van der Waals surface area contributed by atoms with Crippen molar-refractivity contribution in [2.24, 2.45) is 10.9 Å². The number of nitrogens with zero attached hydrogens (tertiary/aromatic N) is 4. The Morgan fingerprint density at radius 1 is 1.21 bits per heavy atom. The number of aliphatic imine (C=N–C) groups is 1. The molecule has 4 aliphatic rings. The molecule has 4 atom stereocenters. The number of carbonyl (C=O) groups excluding carboxylic acids is 1. The van der Waals surface area contributed by atoms with E-state index in [9.17, 15) is 4.79 Å². The Kier molecular flexibility index (Phi) is 5.22. The Hall–Kier alpha value is -2.06. The first-order valence-electron chi connectivity index (χ1n) is 10.8. The highest BCUT2D eigenvalue weighted by Gasteiger charge is 2.49. The van der Waals surface area contributed by atoms with Gasteiger partial charge in [-0.1, -0.05) is 37.3 Å². The van der Waals surface area contributed by atoms with Gasteiger partial charge in [-0.3, -0.25) is 9.79 Å². The molecule has 1 aromatic rings. The van der Waals surface area contributed by atoms with Crippen molar-refractivity contribution in [1.29, 1.82) is 0 Å². The van der Waals surface area contributed by atoms with E-state index in [0.717, 1.165) is 23.6 Å². The Morgan fingerprint density at radius 3 is 2.83 bits per heavy atom. The zero-order valence-corrected chi connectivity index (χ0v) is 16.9. The highest BCUT2D eigenvalue weighted by molar-refractivity contribution is 6.44. The minimum absolute atomic E-state index is 0.000435. The third-order valence-electron chi connectivity index (χ3n) is 6.58. The van der Waals surface area contributed by atoms with E-state index in [2.05, 4.69) is 26.8 Å². The summed E-state index contributed by atoms with van der Waals surface area (Å²) in [5.74, 6) is 0.582. The fourth-order valence-corrected chi connectivity index (χ4v) is 5.00. The van der Waals surface area contributed by atoms with Crippen molar-refractivity contribution in [3.05, 3.63) is 23.5 Å². The Labute approximate surface area is 170 Å². The largest absolute Gasteiger partial charge is 0.371 e. The van der Waals surface area contributed by atoms with Gasteiger partial charge >= 0.3 is 0 Å². The van der Waals surface area contributed by atoms with Gasteiger partial charge in [0.05, 0.1) is 31.5 Å². The van der Waals surface area contributed by atoms with Crippen LogP contribution in [0.1, 0.15) is 50.8 Å². The Balaban J connectivity index is 1.20. The van der Waals surface area contributed by atoms with E-state index in [-0.39, 0.29) is 30.2 Å². The molecule has 156 valence electrons. The zero-order valence-electron chi connectivity index (χ0n) is 16.9. The van der Waals surface area contributed by atoms with Crippen molar-refractivity contribution in [1.82, 2.24) is 20.3 Å². The first-order chi connectivity index (χ1) is 14.2. The number of fused-ring (bicyclic) bond motifs is 1. The van der Waals surface area contributed by atoms with Crippen LogP contribution in [0.2, 0.25) is 0 Å². The highest BCUT2D eigenvalue weighted by Crippen LogP contribution is 2.34. The van der Waals surface area contributed by atoms with E-state index in [4.69, 9.17) is 9.47 Å². The molecular formula is C21H29N5O3. The van der Waals surface area contributed by atoms with E-state index in [1.165, 1.54) is 32.1 Å². The summed E-state index contributed by atoms with van der Waals surface area (Å²) in [4.78, 5) is 16.7. The lowest BCUT2D eigenvalue weighted by molar-refractivity contribution is -0.116. The molecule has 0 bridgehead atoms. The summed E-state index contributed by atoms with van der Waals surface area (Å²) in [5, 5.41) is 11.8. The van der Waals surface area contributed by atoms with Crippen LogP contribution < -0.4 is 5.32 Å². The summed E-state index contributed by atoms with van der Waals surface area (Å²) in [6, 6.07) is -0.166. The fourth-order valence-electron chi connectivity index (χ4n) is 5.00. The topological polar surface area (TPSA) is 90.6 Å². The van der Waals surface area contributed by atoms with E-state index in [0.29, 0.717) is 25.5 Å². The monoisotopic (exact) mass is 399 g/mol. The molecule has 0 radical (unpaired) electrons. The normalized spacial score (nSPS) is 32.2. The van der Waals surface area contributed by atoms with Gasteiger partial charge in [0.1, 0.15) is 24.0 Å². The van der Waals surface area contributed by atoms with Crippen molar-refractivity contribution in [3.63, 3.8) is 0 Å². The lowest BCUT2D eigenvalue weighted by Crippen LogP contribution is -2.46. The van der Waals surface area contributed by atoms with Crippen LogP contribution >= 0.6 is 0 Å². The van der Waals surface area contributed by atoms with Gasteiger partial charge in [-0.05, 0) is 30.9 Å². The molecule has 0 spiro atoms. The molecule has 1 aromatic heterocycles. The summed E-state index contributed by atoms with van der Waals surface area (Å²) in [7, 11) is 0. The number of nitrogens with one attached hydrogen (secondary N) is 1. The number of hydrogen-bond acceptors (Lipinski definition) is 6. The van der Waals surface area contributed by atoms with E-state index >= 15 is 0 Å². The van der Waals surface area contributed by atoms with Gasteiger partial charge in [-0.25, -0.2) is 4.68 Å². The third-order valence-corrected chi connectivity index (χ3v) is 6.58. The van der Waals surface area contributed by atoms with Gasteiger partial charge in [-0.15, -0.1) is 5.10 Å². The van der Waals surface area contributed by atoms with E-state index < -0.39 is 0 Å². The van der Waals surface area contributed by atoms with Crippen LogP contribution in [0, 0.1) is 5.92 Å².